The minimum Gasteiger partial charge on any atom is -0.330 e. The van der Waals surface area contributed by atoms with Crippen LogP contribution in [0.25, 0.3) is 0 Å². The number of hydrogen-bond donors (Lipinski definition) is 2. The van der Waals surface area contributed by atoms with E-state index in [2.05, 4.69) is 10.3 Å². The molecule has 1 amide bonds. The maximum absolute atomic E-state index is 13.5. The van der Waals surface area contributed by atoms with Crippen molar-refractivity contribution in [2.24, 2.45) is 5.73 Å². The third kappa shape index (κ3) is 3.28. The molecule has 2 rings (SSSR count). The van der Waals surface area contributed by atoms with Crippen LogP contribution in [0.4, 0.5) is 10.1 Å². The molecular weight excluding hydrogens is 289 g/mol. The molecule has 4 nitrogen and oxygen atoms in total. The predicted molar refractivity (Wildman–Crippen MR) is 74.2 cm³/mol. The maximum Gasteiger partial charge on any atom is 0.275 e. The van der Waals surface area contributed by atoms with Crippen LogP contribution in [0.5, 0.6) is 0 Å². The first-order valence-electron chi connectivity index (χ1n) is 5.51. The number of nitrogens with one attached hydrogen (secondary N) is 1. The van der Waals surface area contributed by atoms with Gasteiger partial charge < -0.3 is 11.1 Å². The molecule has 0 bridgehead atoms. The Morgan fingerprint density at radius 3 is 3.00 bits per heavy atom. The number of halogens is 2. The van der Waals surface area contributed by atoms with Gasteiger partial charge in [-0.05, 0) is 18.7 Å². The highest BCUT2D eigenvalue weighted by Crippen LogP contribution is 2.25. The van der Waals surface area contributed by atoms with E-state index in [1.807, 2.05) is 0 Å². The second-order valence-electron chi connectivity index (χ2n) is 3.72. The molecule has 2 aromatic rings. The molecule has 0 aliphatic heterocycles. The first-order chi connectivity index (χ1) is 9.11. The van der Waals surface area contributed by atoms with Crippen molar-refractivity contribution < 1.29 is 9.18 Å². The summed E-state index contributed by atoms with van der Waals surface area (Å²) in [6.07, 6.45) is 0.610. The normalized spacial score (nSPS) is 10.5. The Kier molecular flexibility index (Phi) is 4.47. The lowest BCUT2D eigenvalue weighted by atomic mass is 10.3. The van der Waals surface area contributed by atoms with Crippen LogP contribution < -0.4 is 11.1 Å². The first-order valence-corrected chi connectivity index (χ1v) is 6.77. The van der Waals surface area contributed by atoms with E-state index in [-0.39, 0.29) is 16.4 Å². The number of carbonyl (C=O) groups excluding carboxylic acids is 1. The van der Waals surface area contributed by atoms with Crippen LogP contribution in [0.1, 0.15) is 15.5 Å². The van der Waals surface area contributed by atoms with Gasteiger partial charge >= 0.3 is 0 Å². The molecule has 100 valence electrons. The van der Waals surface area contributed by atoms with Crippen molar-refractivity contribution in [2.45, 2.75) is 6.42 Å². The Morgan fingerprint density at radius 2 is 2.32 bits per heavy atom. The van der Waals surface area contributed by atoms with E-state index in [0.29, 0.717) is 13.0 Å². The smallest absolute Gasteiger partial charge is 0.275 e. The Bertz CT molecular complexity index is 582. The number of rotatable bonds is 4. The Hall–Kier alpha value is -1.50. The van der Waals surface area contributed by atoms with Gasteiger partial charge in [-0.25, -0.2) is 9.37 Å². The Balaban J connectivity index is 2.16. The van der Waals surface area contributed by atoms with Crippen molar-refractivity contribution >= 4 is 34.5 Å². The quantitative estimate of drug-likeness (QED) is 0.912. The van der Waals surface area contributed by atoms with Gasteiger partial charge in [0.15, 0.2) is 0 Å². The van der Waals surface area contributed by atoms with Crippen molar-refractivity contribution in [3.05, 3.63) is 45.1 Å². The van der Waals surface area contributed by atoms with Crippen LogP contribution in [0, 0.1) is 5.82 Å². The molecule has 3 N–H and O–H groups in total. The number of para-hydroxylation sites is 1. The molecule has 1 aromatic carbocycles. The third-order valence-electron chi connectivity index (χ3n) is 2.34. The molecule has 0 fully saturated rings. The number of hydrogen-bond acceptors (Lipinski definition) is 4. The van der Waals surface area contributed by atoms with Crippen molar-refractivity contribution in [3.63, 3.8) is 0 Å². The summed E-state index contributed by atoms with van der Waals surface area (Å²) in [5.74, 6) is -1.08. The van der Waals surface area contributed by atoms with Crippen molar-refractivity contribution in [3.8, 4) is 0 Å². The molecule has 0 aliphatic carbocycles. The summed E-state index contributed by atoms with van der Waals surface area (Å²) >= 11 is 7.17. The van der Waals surface area contributed by atoms with Gasteiger partial charge in [0.25, 0.3) is 5.91 Å². The predicted octanol–water partition coefficient (Wildman–Crippen LogP) is 2.69. The van der Waals surface area contributed by atoms with E-state index in [1.54, 1.807) is 5.38 Å². The summed E-state index contributed by atoms with van der Waals surface area (Å²) in [6, 6.07) is 4.19. The SMILES string of the molecule is NCCc1nc(C(=O)Nc2c(F)cccc2Cl)cs1. The zero-order chi connectivity index (χ0) is 13.8. The topological polar surface area (TPSA) is 68.0 Å². The van der Waals surface area contributed by atoms with Gasteiger partial charge in [-0.15, -0.1) is 11.3 Å². The number of nitrogens with two attached hydrogens (primary N) is 1. The molecule has 0 unspecified atom stereocenters. The van der Waals surface area contributed by atoms with E-state index in [9.17, 15) is 9.18 Å². The number of thiazole rings is 1. The fourth-order valence-corrected chi connectivity index (χ4v) is 2.45. The molecule has 0 spiro atoms. The van der Waals surface area contributed by atoms with Gasteiger partial charge in [-0.2, -0.15) is 0 Å². The van der Waals surface area contributed by atoms with Crippen molar-refractivity contribution in [1.29, 1.82) is 0 Å². The molecule has 0 saturated heterocycles. The van der Waals surface area contributed by atoms with E-state index >= 15 is 0 Å². The second kappa shape index (κ2) is 6.10. The van der Waals surface area contributed by atoms with Crippen LogP contribution >= 0.6 is 22.9 Å². The van der Waals surface area contributed by atoms with Gasteiger partial charge in [-0.3, -0.25) is 4.79 Å². The number of anilines is 1. The van der Waals surface area contributed by atoms with Crippen LogP contribution in [0.2, 0.25) is 5.02 Å². The fraction of sp³-hybridized carbons (Fsp3) is 0.167. The van der Waals surface area contributed by atoms with Gasteiger partial charge in [0.1, 0.15) is 11.5 Å². The fourth-order valence-electron chi connectivity index (χ4n) is 1.45. The monoisotopic (exact) mass is 299 g/mol. The van der Waals surface area contributed by atoms with Crippen molar-refractivity contribution in [1.82, 2.24) is 4.98 Å². The molecule has 1 aromatic heterocycles. The minimum atomic E-state index is -0.585. The third-order valence-corrected chi connectivity index (χ3v) is 3.57. The van der Waals surface area contributed by atoms with Gasteiger partial charge in [0.2, 0.25) is 0 Å². The zero-order valence-corrected chi connectivity index (χ0v) is 11.4. The maximum atomic E-state index is 13.5. The molecule has 19 heavy (non-hydrogen) atoms. The second-order valence-corrected chi connectivity index (χ2v) is 5.07. The summed E-state index contributed by atoms with van der Waals surface area (Å²) in [7, 11) is 0. The van der Waals surface area contributed by atoms with Crippen LogP contribution in [0.15, 0.2) is 23.6 Å². The lowest BCUT2D eigenvalue weighted by molar-refractivity contribution is 0.102. The van der Waals surface area contributed by atoms with Crippen LogP contribution in [-0.4, -0.2) is 17.4 Å². The Morgan fingerprint density at radius 1 is 1.53 bits per heavy atom. The highest BCUT2D eigenvalue weighted by atomic mass is 35.5. The van der Waals surface area contributed by atoms with Crippen molar-refractivity contribution in [2.75, 3.05) is 11.9 Å². The van der Waals surface area contributed by atoms with E-state index in [0.717, 1.165) is 5.01 Å². The van der Waals surface area contributed by atoms with Gasteiger partial charge in [0, 0.05) is 11.8 Å². The molecule has 0 aliphatic rings. The standard InChI is InChI=1S/C12H11ClFN3OS/c13-7-2-1-3-8(14)11(7)17-12(18)9-6-19-10(16-9)4-5-15/h1-3,6H,4-5,15H2,(H,17,18). The summed E-state index contributed by atoms with van der Waals surface area (Å²) < 4.78 is 13.5. The average Bonchev–Trinajstić information content (AvgIpc) is 2.83. The Labute approximate surface area is 118 Å². The van der Waals surface area contributed by atoms with Gasteiger partial charge in [0.05, 0.1) is 15.7 Å². The summed E-state index contributed by atoms with van der Waals surface area (Å²) in [6.45, 7) is 0.466. The summed E-state index contributed by atoms with van der Waals surface area (Å²) in [5, 5.41) is 4.94. The highest BCUT2D eigenvalue weighted by molar-refractivity contribution is 7.09. The average molecular weight is 300 g/mol. The largest absolute Gasteiger partial charge is 0.330 e. The van der Waals surface area contributed by atoms with E-state index in [1.165, 1.54) is 29.5 Å². The van der Waals surface area contributed by atoms with Crippen LogP contribution in [0.3, 0.4) is 0 Å². The van der Waals surface area contributed by atoms with Gasteiger partial charge in [-0.1, -0.05) is 17.7 Å². The zero-order valence-electron chi connectivity index (χ0n) is 9.82. The molecule has 1 heterocycles. The lowest BCUT2D eigenvalue weighted by Gasteiger charge is -2.06. The number of aromatic nitrogens is 1. The molecular formula is C12H11ClFN3OS. The first kappa shape index (κ1) is 13.9. The molecule has 0 radical (unpaired) electrons. The van der Waals surface area contributed by atoms with E-state index < -0.39 is 11.7 Å². The molecule has 0 saturated carbocycles. The van der Waals surface area contributed by atoms with Crippen LogP contribution in [-0.2, 0) is 6.42 Å². The summed E-state index contributed by atoms with van der Waals surface area (Å²) in [4.78, 5) is 16.0. The molecule has 7 heteroatoms. The number of amides is 1. The lowest BCUT2D eigenvalue weighted by Crippen LogP contribution is -2.14. The number of carbonyl (C=O) groups is 1. The summed E-state index contributed by atoms with van der Waals surface area (Å²) in [5.41, 5.74) is 5.60. The van der Waals surface area contributed by atoms with E-state index in [4.69, 9.17) is 17.3 Å². The number of nitrogens with zero attached hydrogens (tertiary/aromatic N) is 1. The minimum absolute atomic E-state index is 0.0393. The molecule has 0 atom stereocenters. The highest BCUT2D eigenvalue weighted by Gasteiger charge is 2.14. The number of benzene rings is 1.